The fourth-order valence-electron chi connectivity index (χ4n) is 1.53. The van der Waals surface area contributed by atoms with Crippen molar-refractivity contribution in [1.29, 1.82) is 0 Å². The van der Waals surface area contributed by atoms with Gasteiger partial charge in [-0.25, -0.2) is 0 Å². The maximum atomic E-state index is 12.2. The second-order valence-electron chi connectivity index (χ2n) is 3.61. The largest absolute Gasteiger partial charge is 0.508 e. The Bertz CT molecular complexity index is 581. The number of carbonyl (C=O) groups excluding carboxylic acids is 1. The van der Waals surface area contributed by atoms with Gasteiger partial charge in [0.25, 0.3) is 0 Å². The van der Waals surface area contributed by atoms with E-state index in [1.807, 2.05) is 6.07 Å². The van der Waals surface area contributed by atoms with Crippen LogP contribution in [-0.2, 0) is 0 Å². The number of carbonyl (C=O) groups is 1. The van der Waals surface area contributed by atoms with Crippen LogP contribution in [0.25, 0.3) is 0 Å². The first-order valence-electron chi connectivity index (χ1n) is 4.96. The molecule has 0 saturated heterocycles. The van der Waals surface area contributed by atoms with Gasteiger partial charge in [-0.3, -0.25) is 4.79 Å². The minimum Gasteiger partial charge on any atom is -0.508 e. The molecule has 0 aromatic heterocycles. The lowest BCUT2D eigenvalue weighted by atomic mass is 10.0. The van der Waals surface area contributed by atoms with Crippen molar-refractivity contribution in [3.05, 3.63) is 58.1 Å². The molecule has 0 heterocycles. The topological polar surface area (TPSA) is 63.3 Å². The Kier molecular flexibility index (Phi) is 3.15. The molecule has 0 bridgehead atoms. The summed E-state index contributed by atoms with van der Waals surface area (Å²) in [6.07, 6.45) is 0. The maximum Gasteiger partial charge on any atom is 0.195 e. The first kappa shape index (κ1) is 11.7. The predicted molar refractivity (Wildman–Crippen MR) is 70.1 cm³/mol. The number of nitrogen functional groups attached to an aromatic ring is 1. The van der Waals surface area contributed by atoms with E-state index in [1.54, 1.807) is 18.2 Å². The van der Waals surface area contributed by atoms with E-state index in [-0.39, 0.29) is 11.5 Å². The molecule has 4 heteroatoms. The number of phenols is 1. The van der Waals surface area contributed by atoms with E-state index in [1.165, 1.54) is 18.2 Å². The third-order valence-electron chi connectivity index (χ3n) is 2.37. The summed E-state index contributed by atoms with van der Waals surface area (Å²) in [4.78, 5) is 12.2. The molecule has 3 N–H and O–H groups in total. The molecule has 0 amide bonds. The SMILES string of the molecule is Nc1ccc(O)cc1C(=O)c1cccc(Br)c1. The van der Waals surface area contributed by atoms with Crippen LogP contribution in [0, 0.1) is 0 Å². The van der Waals surface area contributed by atoms with E-state index in [9.17, 15) is 9.90 Å². The molecular weight excluding hydrogens is 282 g/mol. The summed E-state index contributed by atoms with van der Waals surface area (Å²) in [5.41, 5.74) is 6.91. The van der Waals surface area contributed by atoms with Crippen LogP contribution in [0.1, 0.15) is 15.9 Å². The van der Waals surface area contributed by atoms with E-state index in [2.05, 4.69) is 15.9 Å². The number of phenolic OH excluding ortho intramolecular Hbond substituents is 1. The van der Waals surface area contributed by atoms with Crippen molar-refractivity contribution >= 4 is 27.4 Å². The second kappa shape index (κ2) is 4.59. The Balaban J connectivity index is 2.47. The van der Waals surface area contributed by atoms with Gasteiger partial charge < -0.3 is 10.8 Å². The van der Waals surface area contributed by atoms with E-state index in [0.717, 1.165) is 4.47 Å². The molecule has 0 spiro atoms. The van der Waals surface area contributed by atoms with Crippen LogP contribution in [0.2, 0.25) is 0 Å². The third kappa shape index (κ3) is 2.47. The number of hydrogen-bond acceptors (Lipinski definition) is 3. The van der Waals surface area contributed by atoms with Gasteiger partial charge in [-0.05, 0) is 30.3 Å². The van der Waals surface area contributed by atoms with Crippen molar-refractivity contribution in [2.24, 2.45) is 0 Å². The van der Waals surface area contributed by atoms with E-state index >= 15 is 0 Å². The Morgan fingerprint density at radius 1 is 1.18 bits per heavy atom. The monoisotopic (exact) mass is 291 g/mol. The molecule has 2 rings (SSSR count). The molecule has 0 radical (unpaired) electrons. The zero-order chi connectivity index (χ0) is 12.4. The summed E-state index contributed by atoms with van der Waals surface area (Å²) in [6.45, 7) is 0. The molecule has 0 atom stereocenters. The molecule has 0 unspecified atom stereocenters. The fourth-order valence-corrected chi connectivity index (χ4v) is 1.93. The number of ketones is 1. The lowest BCUT2D eigenvalue weighted by Crippen LogP contribution is -2.05. The Hall–Kier alpha value is -1.81. The second-order valence-corrected chi connectivity index (χ2v) is 4.53. The van der Waals surface area contributed by atoms with Crippen molar-refractivity contribution in [1.82, 2.24) is 0 Å². The van der Waals surface area contributed by atoms with Gasteiger partial charge in [-0.1, -0.05) is 28.1 Å². The molecule has 17 heavy (non-hydrogen) atoms. The fraction of sp³-hybridized carbons (Fsp3) is 0. The molecule has 2 aromatic rings. The lowest BCUT2D eigenvalue weighted by Gasteiger charge is -2.05. The minimum atomic E-state index is -0.209. The standard InChI is InChI=1S/C13H10BrNO2/c14-9-3-1-2-8(6-9)13(17)11-7-10(16)4-5-12(11)15/h1-7,16H,15H2. The summed E-state index contributed by atoms with van der Waals surface area (Å²) in [7, 11) is 0. The van der Waals surface area contributed by atoms with Crippen molar-refractivity contribution < 1.29 is 9.90 Å². The van der Waals surface area contributed by atoms with Gasteiger partial charge in [0.2, 0.25) is 0 Å². The molecule has 0 aliphatic heterocycles. The molecule has 0 aliphatic carbocycles. The summed E-state index contributed by atoms with van der Waals surface area (Å²) in [6, 6.07) is 11.4. The number of rotatable bonds is 2. The van der Waals surface area contributed by atoms with E-state index in [0.29, 0.717) is 16.8 Å². The number of aromatic hydroxyl groups is 1. The zero-order valence-electron chi connectivity index (χ0n) is 8.85. The van der Waals surface area contributed by atoms with Crippen LogP contribution in [0.4, 0.5) is 5.69 Å². The van der Waals surface area contributed by atoms with Crippen LogP contribution in [0.15, 0.2) is 46.9 Å². The number of halogens is 1. The summed E-state index contributed by atoms with van der Waals surface area (Å²) in [5, 5.41) is 9.37. The van der Waals surface area contributed by atoms with Crippen LogP contribution in [0.5, 0.6) is 5.75 Å². The Morgan fingerprint density at radius 2 is 1.94 bits per heavy atom. The van der Waals surface area contributed by atoms with Gasteiger partial charge in [0.15, 0.2) is 5.78 Å². The summed E-state index contributed by atoms with van der Waals surface area (Å²) >= 11 is 3.30. The van der Waals surface area contributed by atoms with Gasteiger partial charge in [0, 0.05) is 21.3 Å². The molecular formula is C13H10BrNO2. The minimum absolute atomic E-state index is 0.0255. The van der Waals surface area contributed by atoms with Crippen molar-refractivity contribution in [3.8, 4) is 5.75 Å². The van der Waals surface area contributed by atoms with Crippen LogP contribution >= 0.6 is 15.9 Å². The first-order chi connectivity index (χ1) is 8.08. The third-order valence-corrected chi connectivity index (χ3v) is 2.86. The highest BCUT2D eigenvalue weighted by molar-refractivity contribution is 9.10. The number of hydrogen-bond donors (Lipinski definition) is 2. The zero-order valence-corrected chi connectivity index (χ0v) is 10.4. The lowest BCUT2D eigenvalue weighted by molar-refractivity contribution is 0.103. The maximum absolute atomic E-state index is 12.2. The summed E-state index contributed by atoms with van der Waals surface area (Å²) in [5.74, 6) is -0.183. The number of benzene rings is 2. The molecule has 3 nitrogen and oxygen atoms in total. The Labute approximate surface area is 107 Å². The van der Waals surface area contributed by atoms with Gasteiger partial charge in [0.1, 0.15) is 5.75 Å². The summed E-state index contributed by atoms with van der Waals surface area (Å²) < 4.78 is 0.821. The van der Waals surface area contributed by atoms with E-state index < -0.39 is 0 Å². The van der Waals surface area contributed by atoms with Gasteiger partial charge in [-0.15, -0.1) is 0 Å². The normalized spacial score (nSPS) is 10.2. The van der Waals surface area contributed by atoms with Crippen molar-refractivity contribution in [3.63, 3.8) is 0 Å². The smallest absolute Gasteiger partial charge is 0.195 e. The van der Waals surface area contributed by atoms with Crippen LogP contribution in [0.3, 0.4) is 0 Å². The highest BCUT2D eigenvalue weighted by atomic mass is 79.9. The van der Waals surface area contributed by atoms with Gasteiger partial charge >= 0.3 is 0 Å². The average molecular weight is 292 g/mol. The van der Waals surface area contributed by atoms with E-state index in [4.69, 9.17) is 5.73 Å². The quantitative estimate of drug-likeness (QED) is 0.508. The number of anilines is 1. The van der Waals surface area contributed by atoms with Crippen molar-refractivity contribution in [2.45, 2.75) is 0 Å². The Morgan fingerprint density at radius 3 is 2.65 bits per heavy atom. The first-order valence-corrected chi connectivity index (χ1v) is 5.76. The van der Waals surface area contributed by atoms with Crippen molar-refractivity contribution in [2.75, 3.05) is 5.73 Å². The average Bonchev–Trinajstić information content (AvgIpc) is 2.31. The number of nitrogens with two attached hydrogens (primary N) is 1. The molecule has 2 aromatic carbocycles. The van der Waals surface area contributed by atoms with Crippen LogP contribution < -0.4 is 5.73 Å². The van der Waals surface area contributed by atoms with Gasteiger partial charge in [0.05, 0.1) is 0 Å². The highest BCUT2D eigenvalue weighted by Gasteiger charge is 2.13. The molecule has 86 valence electrons. The highest BCUT2D eigenvalue weighted by Crippen LogP contribution is 2.22. The predicted octanol–water partition coefficient (Wildman–Crippen LogP) is 2.97. The molecule has 0 aliphatic rings. The van der Waals surface area contributed by atoms with Gasteiger partial charge in [-0.2, -0.15) is 0 Å². The van der Waals surface area contributed by atoms with Crippen LogP contribution in [-0.4, -0.2) is 10.9 Å². The molecule has 0 fully saturated rings. The molecule has 0 saturated carbocycles.